The number of fused-ring (bicyclic) bond motifs is 1. The summed E-state index contributed by atoms with van der Waals surface area (Å²) in [5, 5.41) is 10.5. The first-order valence-corrected chi connectivity index (χ1v) is 13.2. The van der Waals surface area contributed by atoms with Crippen LogP contribution in [0.1, 0.15) is 74.6 Å². The number of halogens is 1. The number of hydrogen-bond donors (Lipinski definition) is 2. The van der Waals surface area contributed by atoms with Crippen LogP contribution >= 0.6 is 0 Å². The first kappa shape index (κ1) is 22.0. The van der Waals surface area contributed by atoms with Crippen LogP contribution in [0.25, 0.3) is 0 Å². The molecule has 1 fully saturated rings. The molecule has 0 spiro atoms. The van der Waals surface area contributed by atoms with E-state index in [9.17, 15) is 8.60 Å². The standard InChI is InChI=1S/C24H29FN6OS/c1-24(2,3)20-9-10-26-23(29-20)15-6-5-14(11-15)18-12-21(31-30-18)28-17-7-8-19-16(22(17)25)13-27-33(19,4)32/h7-10,12,14-15H,5-6,11,13H2,1-4H3,(H2,28,30,31). The van der Waals surface area contributed by atoms with Gasteiger partial charge in [-0.05, 0) is 37.5 Å². The lowest BCUT2D eigenvalue weighted by Gasteiger charge is -2.19. The van der Waals surface area contributed by atoms with Crippen molar-refractivity contribution in [3.63, 3.8) is 0 Å². The van der Waals surface area contributed by atoms with Gasteiger partial charge in [0.1, 0.15) is 5.82 Å². The van der Waals surface area contributed by atoms with Crippen LogP contribution in [0.5, 0.6) is 0 Å². The van der Waals surface area contributed by atoms with Crippen molar-refractivity contribution in [3.8, 4) is 0 Å². The minimum Gasteiger partial charge on any atom is -0.336 e. The van der Waals surface area contributed by atoms with Crippen molar-refractivity contribution in [1.82, 2.24) is 20.2 Å². The minimum absolute atomic E-state index is 0.00576. The molecule has 1 aliphatic heterocycles. The van der Waals surface area contributed by atoms with Crippen molar-refractivity contribution >= 4 is 21.2 Å². The highest BCUT2D eigenvalue weighted by Gasteiger charge is 2.31. The molecule has 7 nitrogen and oxygen atoms in total. The van der Waals surface area contributed by atoms with Gasteiger partial charge in [0.2, 0.25) is 0 Å². The molecular weight excluding hydrogens is 439 g/mol. The van der Waals surface area contributed by atoms with Crippen molar-refractivity contribution in [2.24, 2.45) is 4.36 Å². The van der Waals surface area contributed by atoms with Gasteiger partial charge in [0.15, 0.2) is 11.6 Å². The second-order valence-electron chi connectivity index (χ2n) is 10.1. The van der Waals surface area contributed by atoms with Gasteiger partial charge >= 0.3 is 0 Å². The Kier molecular flexibility index (Phi) is 5.27. The largest absolute Gasteiger partial charge is 0.336 e. The lowest BCUT2D eigenvalue weighted by molar-refractivity contribution is 0.550. The molecule has 0 amide bonds. The second-order valence-corrected chi connectivity index (χ2v) is 12.4. The van der Waals surface area contributed by atoms with Crippen molar-refractivity contribution < 1.29 is 8.60 Å². The predicted octanol–water partition coefficient (Wildman–Crippen LogP) is 5.40. The Hall–Kier alpha value is -2.81. The summed E-state index contributed by atoms with van der Waals surface area (Å²) in [5.74, 6) is 1.71. The number of hydrogen-bond acceptors (Lipinski definition) is 6. The number of nitrogens with zero attached hydrogens (tertiary/aromatic N) is 4. The molecule has 9 heteroatoms. The smallest absolute Gasteiger partial charge is 0.153 e. The Balaban J connectivity index is 1.29. The Morgan fingerprint density at radius 3 is 2.76 bits per heavy atom. The lowest BCUT2D eigenvalue weighted by atomic mass is 9.91. The molecule has 2 N–H and O–H groups in total. The Morgan fingerprint density at radius 1 is 1.18 bits per heavy atom. The second kappa shape index (κ2) is 7.90. The number of benzene rings is 1. The molecule has 174 valence electrons. The topological polar surface area (TPSA) is 95.9 Å². The third-order valence-corrected chi connectivity index (χ3v) is 8.44. The molecule has 2 aliphatic rings. The molecule has 1 saturated carbocycles. The van der Waals surface area contributed by atoms with Gasteiger partial charge in [-0.25, -0.2) is 22.9 Å². The number of rotatable bonds is 4. The molecule has 3 aromatic rings. The quantitative estimate of drug-likeness (QED) is 0.534. The zero-order valence-electron chi connectivity index (χ0n) is 19.4. The van der Waals surface area contributed by atoms with E-state index < -0.39 is 15.5 Å². The highest BCUT2D eigenvalue weighted by Crippen LogP contribution is 2.43. The fraction of sp³-hybridized carbons (Fsp3) is 0.458. The van der Waals surface area contributed by atoms with Crippen molar-refractivity contribution in [1.29, 1.82) is 0 Å². The number of aromatic nitrogens is 4. The average Bonchev–Trinajstić information content (AvgIpc) is 3.49. The fourth-order valence-corrected chi connectivity index (χ4v) is 6.14. The molecule has 2 aromatic heterocycles. The van der Waals surface area contributed by atoms with E-state index in [1.807, 2.05) is 18.3 Å². The molecule has 3 heterocycles. The number of H-pyrrole nitrogens is 1. The maximum atomic E-state index is 15.0. The van der Waals surface area contributed by atoms with Gasteiger partial charge in [-0.3, -0.25) is 5.10 Å². The van der Waals surface area contributed by atoms with Crippen LogP contribution in [0.4, 0.5) is 15.9 Å². The van der Waals surface area contributed by atoms with Crippen LogP contribution < -0.4 is 5.32 Å². The summed E-state index contributed by atoms with van der Waals surface area (Å²) in [6.07, 6.45) is 6.41. The SMILES string of the molecule is CC(C)(C)c1ccnc(C2CCC(c3cc(Nc4ccc5c(c4F)CN=S5(C)=O)n[nH]3)C2)n1. The van der Waals surface area contributed by atoms with Gasteiger partial charge in [0.05, 0.1) is 26.9 Å². The van der Waals surface area contributed by atoms with Crippen molar-refractivity contribution in [2.45, 2.75) is 68.7 Å². The molecule has 1 aliphatic carbocycles. The summed E-state index contributed by atoms with van der Waals surface area (Å²) >= 11 is 0. The summed E-state index contributed by atoms with van der Waals surface area (Å²) in [6, 6.07) is 7.24. The molecule has 0 radical (unpaired) electrons. The summed E-state index contributed by atoms with van der Waals surface area (Å²) in [7, 11) is -2.49. The van der Waals surface area contributed by atoms with Crippen LogP contribution in [0, 0.1) is 5.82 Å². The predicted molar refractivity (Wildman–Crippen MR) is 127 cm³/mol. The molecule has 0 saturated heterocycles. The molecule has 33 heavy (non-hydrogen) atoms. The summed E-state index contributed by atoms with van der Waals surface area (Å²) in [6.45, 7) is 6.62. The molecule has 0 bridgehead atoms. The number of aromatic amines is 1. The van der Waals surface area contributed by atoms with E-state index in [-0.39, 0.29) is 12.0 Å². The van der Waals surface area contributed by atoms with Crippen LogP contribution in [0.3, 0.4) is 0 Å². The fourth-order valence-electron chi connectivity index (χ4n) is 4.69. The number of anilines is 2. The third kappa shape index (κ3) is 4.14. The van der Waals surface area contributed by atoms with Crippen LogP contribution in [0.15, 0.2) is 39.7 Å². The molecule has 5 rings (SSSR count). The van der Waals surface area contributed by atoms with E-state index in [4.69, 9.17) is 4.98 Å². The zero-order valence-corrected chi connectivity index (χ0v) is 20.2. The van der Waals surface area contributed by atoms with Crippen LogP contribution in [-0.4, -0.2) is 30.6 Å². The van der Waals surface area contributed by atoms with Crippen molar-refractivity contribution in [3.05, 3.63) is 59.1 Å². The first-order valence-electron chi connectivity index (χ1n) is 11.3. The highest BCUT2D eigenvalue weighted by atomic mass is 32.2. The lowest BCUT2D eigenvalue weighted by Crippen LogP contribution is -2.16. The van der Waals surface area contributed by atoms with Gasteiger partial charge in [-0.15, -0.1) is 0 Å². The highest BCUT2D eigenvalue weighted by molar-refractivity contribution is 7.93. The summed E-state index contributed by atoms with van der Waals surface area (Å²) < 4.78 is 31.4. The Labute approximate surface area is 193 Å². The van der Waals surface area contributed by atoms with Crippen molar-refractivity contribution in [2.75, 3.05) is 11.6 Å². The van der Waals surface area contributed by atoms with Crippen LogP contribution in [0.2, 0.25) is 0 Å². The molecule has 1 aromatic carbocycles. The molecule has 3 unspecified atom stereocenters. The maximum Gasteiger partial charge on any atom is 0.153 e. The summed E-state index contributed by atoms with van der Waals surface area (Å²) in [4.78, 5) is 9.89. The monoisotopic (exact) mass is 468 g/mol. The zero-order chi connectivity index (χ0) is 23.4. The van der Waals surface area contributed by atoms with Gasteiger partial charge in [0.25, 0.3) is 0 Å². The first-order chi connectivity index (χ1) is 15.6. The van der Waals surface area contributed by atoms with Gasteiger partial charge < -0.3 is 5.32 Å². The van der Waals surface area contributed by atoms with Crippen LogP contribution in [-0.2, 0) is 21.7 Å². The molecule has 3 atom stereocenters. The van der Waals surface area contributed by atoms with E-state index in [0.717, 1.165) is 36.5 Å². The molecular formula is C24H29FN6OS. The third-order valence-electron chi connectivity index (χ3n) is 6.62. The van der Waals surface area contributed by atoms with E-state index in [1.54, 1.807) is 18.4 Å². The Morgan fingerprint density at radius 2 is 1.97 bits per heavy atom. The normalized spacial score (nSPS) is 24.5. The van der Waals surface area contributed by atoms with Gasteiger partial charge in [0, 0.05) is 52.7 Å². The van der Waals surface area contributed by atoms with E-state index in [1.165, 1.54) is 0 Å². The Bertz CT molecular complexity index is 1330. The van der Waals surface area contributed by atoms with E-state index in [2.05, 4.69) is 45.6 Å². The summed E-state index contributed by atoms with van der Waals surface area (Å²) in [5.41, 5.74) is 2.80. The number of nitrogens with one attached hydrogen (secondary N) is 2. The average molecular weight is 469 g/mol. The maximum absolute atomic E-state index is 15.0. The van der Waals surface area contributed by atoms with Gasteiger partial charge in [-0.1, -0.05) is 20.8 Å². The van der Waals surface area contributed by atoms with E-state index in [0.29, 0.717) is 33.8 Å². The van der Waals surface area contributed by atoms with E-state index >= 15 is 0 Å². The minimum atomic E-state index is -2.49. The van der Waals surface area contributed by atoms with Gasteiger partial charge in [-0.2, -0.15) is 5.10 Å².